The zero-order chi connectivity index (χ0) is 17.1. The van der Waals surface area contributed by atoms with Crippen molar-refractivity contribution in [1.82, 2.24) is 20.4 Å². The van der Waals surface area contributed by atoms with Gasteiger partial charge in [0.05, 0.1) is 18.2 Å². The highest BCUT2D eigenvalue weighted by molar-refractivity contribution is 5.31. The molecule has 2 aliphatic rings. The summed E-state index contributed by atoms with van der Waals surface area (Å²) in [4.78, 5) is 6.94. The summed E-state index contributed by atoms with van der Waals surface area (Å²) in [5.41, 5.74) is 1.92. The average molecular weight is 337 g/mol. The quantitative estimate of drug-likeness (QED) is 0.873. The van der Waals surface area contributed by atoms with E-state index in [1.54, 1.807) is 0 Å². The fourth-order valence-corrected chi connectivity index (χ4v) is 3.35. The van der Waals surface area contributed by atoms with Crippen LogP contribution in [-0.2, 0) is 13.1 Å². The minimum absolute atomic E-state index is 0.471. The maximum absolute atomic E-state index is 8.86. The van der Waals surface area contributed by atoms with Crippen molar-refractivity contribution in [1.29, 1.82) is 5.26 Å². The van der Waals surface area contributed by atoms with Crippen molar-refractivity contribution < 1.29 is 4.52 Å². The van der Waals surface area contributed by atoms with Gasteiger partial charge in [-0.05, 0) is 49.9 Å². The molecule has 0 unspecified atom stereocenters. The summed E-state index contributed by atoms with van der Waals surface area (Å²) in [7, 11) is 0. The lowest BCUT2D eigenvalue weighted by Crippen LogP contribution is -2.45. The molecule has 1 saturated carbocycles. The summed E-state index contributed by atoms with van der Waals surface area (Å²) < 4.78 is 5.35. The summed E-state index contributed by atoms with van der Waals surface area (Å²) in [6, 6.07) is 10.4. The maximum atomic E-state index is 8.86. The van der Waals surface area contributed by atoms with Gasteiger partial charge in [-0.25, -0.2) is 0 Å². The molecule has 0 radical (unpaired) electrons. The van der Waals surface area contributed by atoms with E-state index >= 15 is 0 Å². The normalized spacial score (nSPS) is 21.2. The third-order valence-corrected chi connectivity index (χ3v) is 4.96. The molecule has 1 N–H and O–H groups in total. The smallest absolute Gasteiger partial charge is 0.229 e. The van der Waals surface area contributed by atoms with E-state index in [2.05, 4.69) is 26.4 Å². The number of nitrogens with one attached hydrogen (secondary N) is 1. The Morgan fingerprint density at radius 3 is 2.84 bits per heavy atom. The largest absolute Gasteiger partial charge is 0.339 e. The minimum Gasteiger partial charge on any atom is -0.339 e. The van der Waals surface area contributed by atoms with E-state index in [-0.39, 0.29) is 0 Å². The zero-order valence-corrected chi connectivity index (χ0v) is 14.3. The number of nitrogens with zero attached hydrogens (tertiary/aromatic N) is 4. The summed E-state index contributed by atoms with van der Waals surface area (Å²) in [6.45, 7) is 3.69. The van der Waals surface area contributed by atoms with Gasteiger partial charge in [0.15, 0.2) is 5.82 Å². The van der Waals surface area contributed by atoms with Crippen LogP contribution in [0.15, 0.2) is 28.8 Å². The van der Waals surface area contributed by atoms with Gasteiger partial charge < -0.3 is 9.84 Å². The third kappa shape index (κ3) is 4.25. The number of piperidine rings is 1. The van der Waals surface area contributed by atoms with Crippen LogP contribution in [0.2, 0.25) is 0 Å². The first-order valence-electron chi connectivity index (χ1n) is 9.07. The van der Waals surface area contributed by atoms with Crippen molar-refractivity contribution in [3.8, 4) is 6.07 Å². The Morgan fingerprint density at radius 2 is 2.08 bits per heavy atom. The highest BCUT2D eigenvalue weighted by Gasteiger charge is 2.30. The summed E-state index contributed by atoms with van der Waals surface area (Å²) >= 11 is 0. The highest BCUT2D eigenvalue weighted by atomic mass is 16.5. The second-order valence-corrected chi connectivity index (χ2v) is 7.09. The molecule has 1 aliphatic heterocycles. The van der Waals surface area contributed by atoms with Gasteiger partial charge in [-0.3, -0.25) is 4.90 Å². The molecule has 2 aromatic rings. The van der Waals surface area contributed by atoms with Gasteiger partial charge in [-0.2, -0.15) is 10.2 Å². The van der Waals surface area contributed by atoms with Gasteiger partial charge in [0.2, 0.25) is 5.89 Å². The third-order valence-electron chi connectivity index (χ3n) is 4.96. The molecule has 1 saturated heterocycles. The molecule has 2 fully saturated rings. The van der Waals surface area contributed by atoms with E-state index in [4.69, 9.17) is 9.78 Å². The van der Waals surface area contributed by atoms with Gasteiger partial charge in [0, 0.05) is 25.0 Å². The fourth-order valence-electron chi connectivity index (χ4n) is 3.35. The molecule has 1 aliphatic carbocycles. The molecule has 0 spiro atoms. The van der Waals surface area contributed by atoms with E-state index in [0.717, 1.165) is 37.9 Å². The van der Waals surface area contributed by atoms with Crippen molar-refractivity contribution in [2.24, 2.45) is 0 Å². The molecule has 0 bridgehead atoms. The van der Waals surface area contributed by atoms with Crippen LogP contribution < -0.4 is 5.32 Å². The Kier molecular flexibility index (Phi) is 4.77. The summed E-state index contributed by atoms with van der Waals surface area (Å²) in [5.74, 6) is 2.15. The lowest BCUT2D eigenvalue weighted by atomic mass is 10.0. The van der Waals surface area contributed by atoms with Crippen LogP contribution in [0, 0.1) is 11.3 Å². The zero-order valence-electron chi connectivity index (χ0n) is 14.3. The second-order valence-electron chi connectivity index (χ2n) is 7.09. The first-order chi connectivity index (χ1) is 12.3. The molecule has 0 amide bonds. The number of likely N-dealkylation sites (tertiary alicyclic amines) is 1. The van der Waals surface area contributed by atoms with Gasteiger partial charge in [0.25, 0.3) is 0 Å². The predicted octanol–water partition coefficient (Wildman–Crippen LogP) is 2.57. The molecule has 1 aromatic carbocycles. The van der Waals surface area contributed by atoms with Crippen LogP contribution in [0.3, 0.4) is 0 Å². The molecule has 2 heterocycles. The van der Waals surface area contributed by atoms with Crippen LogP contribution in [0.4, 0.5) is 0 Å². The Hall–Kier alpha value is -2.23. The van der Waals surface area contributed by atoms with Crippen molar-refractivity contribution in [2.45, 2.75) is 50.7 Å². The molecule has 25 heavy (non-hydrogen) atoms. The second kappa shape index (κ2) is 7.34. The summed E-state index contributed by atoms with van der Waals surface area (Å²) in [5, 5.41) is 16.6. The molecule has 1 aromatic heterocycles. The maximum Gasteiger partial charge on any atom is 0.229 e. The number of hydrogen-bond acceptors (Lipinski definition) is 6. The van der Waals surface area contributed by atoms with E-state index in [9.17, 15) is 0 Å². The van der Waals surface area contributed by atoms with Crippen LogP contribution in [0.1, 0.15) is 54.4 Å². The monoisotopic (exact) mass is 337 g/mol. The van der Waals surface area contributed by atoms with Gasteiger partial charge in [-0.15, -0.1) is 0 Å². The molecule has 6 nitrogen and oxygen atoms in total. The molecule has 4 rings (SSSR count). The Labute approximate surface area is 147 Å². The molecule has 1 atom stereocenters. The van der Waals surface area contributed by atoms with E-state index < -0.39 is 0 Å². The van der Waals surface area contributed by atoms with Crippen LogP contribution >= 0.6 is 0 Å². The van der Waals surface area contributed by atoms with E-state index in [0.29, 0.717) is 17.5 Å². The summed E-state index contributed by atoms with van der Waals surface area (Å²) in [6.07, 6.45) is 4.74. The van der Waals surface area contributed by atoms with Gasteiger partial charge in [0.1, 0.15) is 0 Å². The van der Waals surface area contributed by atoms with E-state index in [1.165, 1.54) is 31.2 Å². The Balaban J connectivity index is 1.27. The van der Waals surface area contributed by atoms with Crippen molar-refractivity contribution in [3.05, 3.63) is 47.1 Å². The molecule has 6 heteroatoms. The first-order valence-corrected chi connectivity index (χ1v) is 9.07. The number of hydrogen-bond donors (Lipinski definition) is 1. The minimum atomic E-state index is 0.471. The Bertz CT molecular complexity index is 744. The van der Waals surface area contributed by atoms with Crippen molar-refractivity contribution in [3.63, 3.8) is 0 Å². The molecular weight excluding hydrogens is 314 g/mol. The van der Waals surface area contributed by atoms with Crippen LogP contribution in [0.25, 0.3) is 0 Å². The van der Waals surface area contributed by atoms with Gasteiger partial charge in [-0.1, -0.05) is 17.3 Å². The lowest BCUT2D eigenvalue weighted by molar-refractivity contribution is 0.177. The first kappa shape index (κ1) is 16.2. The van der Waals surface area contributed by atoms with Gasteiger partial charge >= 0.3 is 0 Å². The average Bonchev–Trinajstić information content (AvgIpc) is 3.40. The number of benzene rings is 1. The SMILES string of the molecule is N#Cc1ccc(CN[C@@H]2CCCN(Cc3noc(C4CC4)n3)C2)cc1. The molecule has 130 valence electrons. The predicted molar refractivity (Wildman–Crippen MR) is 92.6 cm³/mol. The molecular formula is C19H23N5O. The Morgan fingerprint density at radius 1 is 1.24 bits per heavy atom. The van der Waals surface area contributed by atoms with E-state index in [1.807, 2.05) is 24.3 Å². The van der Waals surface area contributed by atoms with Crippen molar-refractivity contribution >= 4 is 0 Å². The highest BCUT2D eigenvalue weighted by Crippen LogP contribution is 2.38. The standard InChI is InChI=1S/C19H23N5O/c20-10-14-3-5-15(6-4-14)11-21-17-2-1-9-24(12-17)13-18-22-19(25-23-18)16-7-8-16/h3-6,16-17,21H,1-2,7-9,11-13H2/t17-/m1/s1. The van der Waals surface area contributed by atoms with Crippen molar-refractivity contribution in [2.75, 3.05) is 13.1 Å². The number of aromatic nitrogens is 2. The topological polar surface area (TPSA) is 78.0 Å². The van der Waals surface area contributed by atoms with Crippen LogP contribution in [0.5, 0.6) is 0 Å². The fraction of sp³-hybridized carbons (Fsp3) is 0.526. The number of nitriles is 1. The lowest BCUT2D eigenvalue weighted by Gasteiger charge is -2.32. The number of rotatable bonds is 6. The van der Waals surface area contributed by atoms with Crippen LogP contribution in [-0.4, -0.2) is 34.2 Å².